The van der Waals surface area contributed by atoms with Crippen LogP contribution < -0.4 is 5.32 Å². The van der Waals surface area contributed by atoms with Gasteiger partial charge in [-0.15, -0.1) is 0 Å². The molecule has 1 unspecified atom stereocenters. The summed E-state index contributed by atoms with van der Waals surface area (Å²) in [5, 5.41) is 4.02. The van der Waals surface area contributed by atoms with Crippen LogP contribution in [0.5, 0.6) is 0 Å². The number of rotatable bonds is 3. The zero-order valence-corrected chi connectivity index (χ0v) is 12.0. The lowest BCUT2D eigenvalue weighted by molar-refractivity contribution is 0.0601. The van der Waals surface area contributed by atoms with E-state index in [2.05, 4.69) is 17.3 Å². The number of nitrogens with zero attached hydrogens (tertiary/aromatic N) is 1. The molecule has 19 heavy (non-hydrogen) atoms. The van der Waals surface area contributed by atoms with Crippen molar-refractivity contribution in [2.75, 3.05) is 32.6 Å². The number of benzene rings is 1. The molecule has 0 aromatic heterocycles. The standard InChI is InChI=1S/C14H19ClN2O2/c1-17-7-3-4-11(9-17)16-13-8-10(15)5-6-12(13)14(18)19-2/h5-6,8,11,16H,3-4,7,9H2,1-2H3. The molecule has 1 atom stereocenters. The van der Waals surface area contributed by atoms with Crippen LogP contribution in [0.3, 0.4) is 0 Å². The molecular weight excluding hydrogens is 264 g/mol. The number of likely N-dealkylation sites (N-methyl/N-ethyl adjacent to an activating group) is 1. The fourth-order valence-corrected chi connectivity index (χ4v) is 2.60. The number of methoxy groups -OCH3 is 1. The van der Waals surface area contributed by atoms with E-state index >= 15 is 0 Å². The zero-order chi connectivity index (χ0) is 13.8. The molecule has 0 saturated carbocycles. The maximum Gasteiger partial charge on any atom is 0.339 e. The van der Waals surface area contributed by atoms with Gasteiger partial charge in [0.2, 0.25) is 0 Å². The lowest BCUT2D eigenvalue weighted by Gasteiger charge is -2.31. The van der Waals surface area contributed by atoms with Crippen molar-refractivity contribution >= 4 is 23.3 Å². The van der Waals surface area contributed by atoms with E-state index in [9.17, 15) is 4.79 Å². The lowest BCUT2D eigenvalue weighted by atomic mass is 10.0. The van der Waals surface area contributed by atoms with Crippen LogP contribution in [-0.2, 0) is 4.74 Å². The van der Waals surface area contributed by atoms with Crippen molar-refractivity contribution in [3.63, 3.8) is 0 Å². The Morgan fingerprint density at radius 2 is 2.32 bits per heavy atom. The van der Waals surface area contributed by atoms with Crippen molar-refractivity contribution in [1.82, 2.24) is 4.90 Å². The van der Waals surface area contributed by atoms with Crippen molar-refractivity contribution in [2.24, 2.45) is 0 Å². The number of carbonyl (C=O) groups is 1. The van der Waals surface area contributed by atoms with Gasteiger partial charge in [-0.25, -0.2) is 4.79 Å². The average Bonchev–Trinajstić information content (AvgIpc) is 2.38. The van der Waals surface area contributed by atoms with Crippen molar-refractivity contribution in [3.05, 3.63) is 28.8 Å². The highest BCUT2D eigenvalue weighted by Crippen LogP contribution is 2.24. The SMILES string of the molecule is COC(=O)c1ccc(Cl)cc1NC1CCCN(C)C1. The zero-order valence-electron chi connectivity index (χ0n) is 11.3. The number of hydrogen-bond donors (Lipinski definition) is 1. The second kappa shape index (κ2) is 6.26. The fourth-order valence-electron chi connectivity index (χ4n) is 2.43. The predicted octanol–water partition coefficient (Wildman–Crippen LogP) is 2.63. The van der Waals surface area contributed by atoms with Gasteiger partial charge < -0.3 is 15.0 Å². The van der Waals surface area contributed by atoms with Crippen LogP contribution in [0.25, 0.3) is 0 Å². The Kier molecular flexibility index (Phi) is 4.66. The van der Waals surface area contributed by atoms with E-state index in [-0.39, 0.29) is 5.97 Å². The van der Waals surface area contributed by atoms with Crippen LogP contribution in [0.1, 0.15) is 23.2 Å². The molecule has 4 nitrogen and oxygen atoms in total. The summed E-state index contributed by atoms with van der Waals surface area (Å²) in [7, 11) is 3.49. The van der Waals surface area contributed by atoms with Crippen molar-refractivity contribution in [2.45, 2.75) is 18.9 Å². The lowest BCUT2D eigenvalue weighted by Crippen LogP contribution is -2.40. The second-order valence-electron chi connectivity index (χ2n) is 4.93. The Morgan fingerprint density at radius 1 is 1.53 bits per heavy atom. The third-order valence-electron chi connectivity index (χ3n) is 3.37. The summed E-state index contributed by atoms with van der Waals surface area (Å²) in [5.74, 6) is -0.344. The Bertz CT molecular complexity index is 465. The summed E-state index contributed by atoms with van der Waals surface area (Å²) in [6, 6.07) is 5.51. The molecule has 1 aliphatic rings. The summed E-state index contributed by atoms with van der Waals surface area (Å²) in [6.07, 6.45) is 2.25. The van der Waals surface area contributed by atoms with Crippen molar-refractivity contribution in [1.29, 1.82) is 0 Å². The molecule has 1 heterocycles. The second-order valence-corrected chi connectivity index (χ2v) is 5.36. The Labute approximate surface area is 118 Å². The summed E-state index contributed by atoms with van der Waals surface area (Å²) >= 11 is 6.01. The van der Waals surface area contributed by atoms with Gasteiger partial charge in [0.05, 0.1) is 18.4 Å². The highest BCUT2D eigenvalue weighted by molar-refractivity contribution is 6.31. The minimum absolute atomic E-state index is 0.334. The number of hydrogen-bond acceptors (Lipinski definition) is 4. The topological polar surface area (TPSA) is 41.6 Å². The van der Waals surface area contributed by atoms with Gasteiger partial charge in [0.25, 0.3) is 0 Å². The Morgan fingerprint density at radius 3 is 3.00 bits per heavy atom. The van der Waals surface area contributed by atoms with Crippen LogP contribution in [0.4, 0.5) is 5.69 Å². The molecule has 1 N–H and O–H groups in total. The largest absolute Gasteiger partial charge is 0.465 e. The first kappa shape index (κ1) is 14.2. The van der Waals surface area contributed by atoms with Gasteiger partial charge in [0.1, 0.15) is 0 Å². The number of esters is 1. The van der Waals surface area contributed by atoms with E-state index in [1.165, 1.54) is 7.11 Å². The van der Waals surface area contributed by atoms with E-state index in [1.807, 2.05) is 0 Å². The maximum absolute atomic E-state index is 11.7. The summed E-state index contributed by atoms with van der Waals surface area (Å²) < 4.78 is 4.79. The van der Waals surface area contributed by atoms with Crippen LogP contribution >= 0.6 is 11.6 Å². The Balaban J connectivity index is 2.18. The third kappa shape index (κ3) is 3.61. The van der Waals surface area contributed by atoms with Crippen LogP contribution in [0.15, 0.2) is 18.2 Å². The summed E-state index contributed by atoms with van der Waals surface area (Å²) in [5.41, 5.74) is 1.28. The van der Waals surface area contributed by atoms with E-state index in [4.69, 9.17) is 16.3 Å². The molecule has 1 saturated heterocycles. The molecule has 0 radical (unpaired) electrons. The minimum Gasteiger partial charge on any atom is -0.465 e. The quantitative estimate of drug-likeness (QED) is 0.866. The number of anilines is 1. The molecule has 1 aromatic rings. The highest BCUT2D eigenvalue weighted by atomic mass is 35.5. The van der Waals surface area contributed by atoms with Gasteiger partial charge in [-0.2, -0.15) is 0 Å². The van der Waals surface area contributed by atoms with E-state index in [0.717, 1.165) is 31.6 Å². The van der Waals surface area contributed by atoms with Crippen LogP contribution in [-0.4, -0.2) is 44.2 Å². The number of likely N-dealkylation sites (tertiary alicyclic amines) is 1. The van der Waals surface area contributed by atoms with Gasteiger partial charge in [-0.3, -0.25) is 0 Å². The molecule has 1 aliphatic heterocycles. The number of piperidine rings is 1. The molecule has 0 spiro atoms. The van der Waals surface area contributed by atoms with E-state index in [0.29, 0.717) is 16.6 Å². The fraction of sp³-hybridized carbons (Fsp3) is 0.500. The van der Waals surface area contributed by atoms with Gasteiger partial charge >= 0.3 is 5.97 Å². The average molecular weight is 283 g/mol. The first-order valence-electron chi connectivity index (χ1n) is 6.43. The van der Waals surface area contributed by atoms with Crippen LogP contribution in [0.2, 0.25) is 5.02 Å². The molecule has 0 bridgehead atoms. The molecular formula is C14H19ClN2O2. The third-order valence-corrected chi connectivity index (χ3v) is 3.61. The summed E-state index contributed by atoms with van der Waals surface area (Å²) in [6.45, 7) is 2.09. The highest BCUT2D eigenvalue weighted by Gasteiger charge is 2.20. The predicted molar refractivity (Wildman–Crippen MR) is 76.9 cm³/mol. The van der Waals surface area contributed by atoms with Crippen LogP contribution in [0, 0.1) is 0 Å². The first-order chi connectivity index (χ1) is 9.10. The number of ether oxygens (including phenoxy) is 1. The smallest absolute Gasteiger partial charge is 0.339 e. The molecule has 1 fully saturated rings. The number of carbonyl (C=O) groups excluding carboxylic acids is 1. The number of halogens is 1. The molecule has 0 aliphatic carbocycles. The van der Waals surface area contributed by atoms with Crippen molar-refractivity contribution in [3.8, 4) is 0 Å². The molecule has 1 aromatic carbocycles. The molecule has 5 heteroatoms. The molecule has 104 valence electrons. The first-order valence-corrected chi connectivity index (χ1v) is 6.81. The normalized spacial score (nSPS) is 20.1. The van der Waals surface area contributed by atoms with Gasteiger partial charge in [-0.05, 0) is 44.6 Å². The van der Waals surface area contributed by atoms with Crippen molar-refractivity contribution < 1.29 is 9.53 Å². The van der Waals surface area contributed by atoms with Gasteiger partial charge in [0.15, 0.2) is 0 Å². The monoisotopic (exact) mass is 282 g/mol. The van der Waals surface area contributed by atoms with Gasteiger partial charge in [-0.1, -0.05) is 11.6 Å². The maximum atomic E-state index is 11.7. The molecule has 0 amide bonds. The minimum atomic E-state index is -0.344. The summed E-state index contributed by atoms with van der Waals surface area (Å²) in [4.78, 5) is 14.0. The Hall–Kier alpha value is -1.26. The van der Waals surface area contributed by atoms with E-state index < -0.39 is 0 Å². The number of nitrogens with one attached hydrogen (secondary N) is 1. The van der Waals surface area contributed by atoms with E-state index in [1.54, 1.807) is 18.2 Å². The molecule has 2 rings (SSSR count). The van der Waals surface area contributed by atoms with Gasteiger partial charge in [0, 0.05) is 17.6 Å².